The summed E-state index contributed by atoms with van der Waals surface area (Å²) in [5.41, 5.74) is 3.85. The molecule has 4 nitrogen and oxygen atoms in total. The van der Waals surface area contributed by atoms with Crippen LogP contribution < -0.4 is 4.74 Å². The van der Waals surface area contributed by atoms with Crippen LogP contribution in [0.25, 0.3) is 17.1 Å². The Morgan fingerprint density at radius 3 is 2.22 bits per heavy atom. The van der Waals surface area contributed by atoms with Gasteiger partial charge in [0.15, 0.2) is 11.0 Å². The monoisotopic (exact) mass is 447 g/mol. The van der Waals surface area contributed by atoms with Gasteiger partial charge in [0.05, 0.1) is 7.11 Å². The first kappa shape index (κ1) is 22.1. The molecule has 164 valence electrons. The first-order chi connectivity index (χ1) is 15.4. The van der Waals surface area contributed by atoms with Crippen LogP contribution in [0.15, 0.2) is 78.0 Å². The molecule has 0 aliphatic rings. The molecule has 0 atom stereocenters. The Hall–Kier alpha value is -3.12. The molecule has 0 bridgehead atoms. The maximum atomic E-state index is 14.1. The van der Waals surface area contributed by atoms with Gasteiger partial charge in [-0.15, -0.1) is 10.2 Å². The van der Waals surface area contributed by atoms with Gasteiger partial charge in [0, 0.05) is 17.0 Å². The number of halogens is 1. The molecule has 6 heteroatoms. The molecule has 1 aromatic heterocycles. The summed E-state index contributed by atoms with van der Waals surface area (Å²) in [6, 6.07) is 23.0. The lowest BCUT2D eigenvalue weighted by Crippen LogP contribution is -2.10. The van der Waals surface area contributed by atoms with E-state index in [1.165, 1.54) is 23.4 Å². The Labute approximate surface area is 192 Å². The van der Waals surface area contributed by atoms with E-state index in [-0.39, 0.29) is 11.2 Å². The van der Waals surface area contributed by atoms with Crippen LogP contribution in [0.5, 0.6) is 5.75 Å². The van der Waals surface area contributed by atoms with Crippen LogP contribution in [-0.4, -0.2) is 21.9 Å². The summed E-state index contributed by atoms with van der Waals surface area (Å²) in [4.78, 5) is 0. The molecule has 0 saturated carbocycles. The second-order valence-electron chi connectivity index (χ2n) is 8.55. The molecule has 0 saturated heterocycles. The third-order valence-corrected chi connectivity index (χ3v) is 6.27. The van der Waals surface area contributed by atoms with E-state index in [1.807, 2.05) is 34.9 Å². The molecule has 0 aliphatic heterocycles. The predicted molar refractivity (Wildman–Crippen MR) is 128 cm³/mol. The summed E-state index contributed by atoms with van der Waals surface area (Å²) in [6.45, 7) is 6.58. The number of ether oxygens (including phenoxy) is 1. The minimum Gasteiger partial charge on any atom is -0.497 e. The molecule has 4 aromatic rings. The topological polar surface area (TPSA) is 39.9 Å². The summed E-state index contributed by atoms with van der Waals surface area (Å²) >= 11 is 1.46. The Bertz CT molecular complexity index is 1200. The van der Waals surface area contributed by atoms with Crippen LogP contribution in [0.3, 0.4) is 0 Å². The Balaban J connectivity index is 1.73. The number of aromatic nitrogens is 3. The highest BCUT2D eigenvalue weighted by atomic mass is 32.2. The van der Waals surface area contributed by atoms with Crippen molar-refractivity contribution in [3.63, 3.8) is 0 Å². The van der Waals surface area contributed by atoms with E-state index in [2.05, 4.69) is 55.2 Å². The number of methoxy groups -OCH3 is 1. The number of benzene rings is 3. The zero-order valence-electron chi connectivity index (χ0n) is 18.7. The second-order valence-corrected chi connectivity index (χ2v) is 9.49. The van der Waals surface area contributed by atoms with Gasteiger partial charge in [-0.05, 0) is 46.9 Å². The lowest BCUT2D eigenvalue weighted by atomic mass is 9.87. The Morgan fingerprint density at radius 1 is 0.906 bits per heavy atom. The number of nitrogens with zero attached hydrogens (tertiary/aromatic N) is 3. The van der Waals surface area contributed by atoms with Crippen molar-refractivity contribution >= 4 is 11.8 Å². The van der Waals surface area contributed by atoms with E-state index < -0.39 is 0 Å². The summed E-state index contributed by atoms with van der Waals surface area (Å²) < 4.78 is 21.5. The van der Waals surface area contributed by atoms with Crippen LogP contribution in [0, 0.1) is 5.82 Å². The SMILES string of the molecule is COc1ccc(-n2c(SCc3ccccc3F)nnc2-c2ccc(C(C)(C)C)cc2)cc1. The first-order valence-corrected chi connectivity index (χ1v) is 11.4. The molecular formula is C26H26FN3OS. The normalized spacial score (nSPS) is 11.5. The molecule has 0 N–H and O–H groups in total. The fourth-order valence-electron chi connectivity index (χ4n) is 3.39. The number of rotatable bonds is 6. The molecule has 4 rings (SSSR count). The van der Waals surface area contributed by atoms with Crippen LogP contribution >= 0.6 is 11.8 Å². The summed E-state index contributed by atoms with van der Waals surface area (Å²) in [7, 11) is 1.64. The van der Waals surface area contributed by atoms with Crippen LogP contribution in [0.1, 0.15) is 31.9 Å². The van der Waals surface area contributed by atoms with E-state index in [1.54, 1.807) is 19.2 Å². The Morgan fingerprint density at radius 2 is 1.59 bits per heavy atom. The minimum atomic E-state index is -0.214. The standard InChI is InChI=1S/C26H26FN3OS/c1-26(2,3)20-11-9-18(10-12-20)24-28-29-25(32-17-19-7-5-6-8-23(19)27)30(24)21-13-15-22(31-4)16-14-21/h5-16H,17H2,1-4H3. The van der Waals surface area contributed by atoms with Crippen molar-refractivity contribution in [3.8, 4) is 22.8 Å². The van der Waals surface area contributed by atoms with Gasteiger partial charge in [0.25, 0.3) is 0 Å². The zero-order chi connectivity index (χ0) is 22.7. The molecule has 1 heterocycles. The molecule has 0 aliphatic carbocycles. The summed E-state index contributed by atoms with van der Waals surface area (Å²) in [5.74, 6) is 1.77. The molecule has 32 heavy (non-hydrogen) atoms. The van der Waals surface area contributed by atoms with E-state index in [0.29, 0.717) is 16.5 Å². The second kappa shape index (κ2) is 9.17. The van der Waals surface area contributed by atoms with Crippen LogP contribution in [0.2, 0.25) is 0 Å². The van der Waals surface area contributed by atoms with E-state index in [0.717, 1.165) is 22.8 Å². The number of thioether (sulfide) groups is 1. The Kier molecular flexibility index (Phi) is 6.33. The van der Waals surface area contributed by atoms with Crippen molar-refractivity contribution in [3.05, 3.63) is 89.7 Å². The maximum Gasteiger partial charge on any atom is 0.196 e. The van der Waals surface area contributed by atoms with Gasteiger partial charge in [-0.3, -0.25) is 4.57 Å². The predicted octanol–water partition coefficient (Wildman–Crippen LogP) is 6.67. The van der Waals surface area contributed by atoms with Crippen molar-refractivity contribution in [1.82, 2.24) is 14.8 Å². The highest BCUT2D eigenvalue weighted by molar-refractivity contribution is 7.98. The summed E-state index contributed by atoms with van der Waals surface area (Å²) in [5, 5.41) is 9.65. The quantitative estimate of drug-likeness (QED) is 0.309. The fourth-order valence-corrected chi connectivity index (χ4v) is 4.33. The fraction of sp³-hybridized carbons (Fsp3) is 0.231. The number of hydrogen-bond donors (Lipinski definition) is 0. The minimum absolute atomic E-state index is 0.0724. The van der Waals surface area contributed by atoms with Gasteiger partial charge >= 0.3 is 0 Å². The third kappa shape index (κ3) is 4.70. The lowest BCUT2D eigenvalue weighted by molar-refractivity contribution is 0.414. The van der Waals surface area contributed by atoms with Crippen molar-refractivity contribution < 1.29 is 9.13 Å². The van der Waals surface area contributed by atoms with Gasteiger partial charge in [0.2, 0.25) is 0 Å². The smallest absolute Gasteiger partial charge is 0.196 e. The largest absolute Gasteiger partial charge is 0.497 e. The van der Waals surface area contributed by atoms with Gasteiger partial charge < -0.3 is 4.74 Å². The van der Waals surface area contributed by atoms with Crippen molar-refractivity contribution in [2.75, 3.05) is 7.11 Å². The highest BCUT2D eigenvalue weighted by Gasteiger charge is 2.19. The van der Waals surface area contributed by atoms with Crippen molar-refractivity contribution in [1.29, 1.82) is 0 Å². The van der Waals surface area contributed by atoms with E-state index in [4.69, 9.17) is 4.74 Å². The van der Waals surface area contributed by atoms with Crippen LogP contribution in [0.4, 0.5) is 4.39 Å². The van der Waals surface area contributed by atoms with Gasteiger partial charge in [-0.2, -0.15) is 0 Å². The molecule has 0 amide bonds. The molecule has 0 unspecified atom stereocenters. The van der Waals surface area contributed by atoms with E-state index in [9.17, 15) is 4.39 Å². The molecule has 3 aromatic carbocycles. The van der Waals surface area contributed by atoms with Crippen LogP contribution in [-0.2, 0) is 11.2 Å². The average Bonchev–Trinajstić information content (AvgIpc) is 3.22. The molecule has 0 spiro atoms. The van der Waals surface area contributed by atoms with Gasteiger partial charge in [-0.25, -0.2) is 4.39 Å². The zero-order valence-corrected chi connectivity index (χ0v) is 19.5. The molecular weight excluding hydrogens is 421 g/mol. The third-order valence-electron chi connectivity index (χ3n) is 5.29. The van der Waals surface area contributed by atoms with Gasteiger partial charge in [-0.1, -0.05) is 75.0 Å². The maximum absolute atomic E-state index is 14.1. The molecule has 0 fully saturated rings. The number of hydrogen-bond acceptors (Lipinski definition) is 4. The van der Waals surface area contributed by atoms with Crippen molar-refractivity contribution in [2.24, 2.45) is 0 Å². The van der Waals surface area contributed by atoms with Gasteiger partial charge in [0.1, 0.15) is 11.6 Å². The highest BCUT2D eigenvalue weighted by Crippen LogP contribution is 2.32. The lowest BCUT2D eigenvalue weighted by Gasteiger charge is -2.19. The first-order valence-electron chi connectivity index (χ1n) is 10.4. The average molecular weight is 448 g/mol. The van der Waals surface area contributed by atoms with E-state index >= 15 is 0 Å². The van der Waals surface area contributed by atoms with Crippen molar-refractivity contribution in [2.45, 2.75) is 37.1 Å². The molecule has 0 radical (unpaired) electrons. The summed E-state index contributed by atoms with van der Waals surface area (Å²) in [6.07, 6.45) is 0.